The van der Waals surface area contributed by atoms with Crippen molar-refractivity contribution in [1.29, 1.82) is 5.26 Å². The van der Waals surface area contributed by atoms with Crippen LogP contribution in [0.2, 0.25) is 0 Å². The van der Waals surface area contributed by atoms with Gasteiger partial charge in [0.15, 0.2) is 5.78 Å². The zero-order chi connectivity index (χ0) is 30.8. The number of ketones is 1. The first-order chi connectivity index (χ1) is 21.2. The minimum Gasteiger partial charge on any atom is -0.342 e. The molecule has 2 heterocycles. The van der Waals surface area contributed by atoms with E-state index in [-0.39, 0.29) is 17.6 Å². The van der Waals surface area contributed by atoms with Gasteiger partial charge in [-0.25, -0.2) is 0 Å². The number of rotatable bonds is 7. The Balaban J connectivity index is 1.03. The zero-order valence-corrected chi connectivity index (χ0v) is 24.5. The van der Waals surface area contributed by atoms with Crippen LogP contribution in [0.1, 0.15) is 69.4 Å². The van der Waals surface area contributed by atoms with Crippen molar-refractivity contribution < 1.29 is 22.8 Å². The molecule has 3 aliphatic rings. The molecule has 0 aromatic heterocycles. The molecule has 0 radical (unpaired) electrons. The van der Waals surface area contributed by atoms with Crippen molar-refractivity contribution in [2.45, 2.75) is 51.2 Å². The third kappa shape index (κ3) is 6.63. The Morgan fingerprint density at radius 3 is 2.30 bits per heavy atom. The van der Waals surface area contributed by atoms with Gasteiger partial charge in [-0.2, -0.15) is 18.4 Å². The molecule has 3 aromatic rings. The van der Waals surface area contributed by atoms with Gasteiger partial charge in [-0.15, -0.1) is 0 Å². The van der Waals surface area contributed by atoms with Crippen LogP contribution in [-0.2, 0) is 30.4 Å². The Hall–Kier alpha value is -4.22. The van der Waals surface area contributed by atoms with Gasteiger partial charge < -0.3 is 4.90 Å². The highest BCUT2D eigenvalue weighted by Crippen LogP contribution is 2.39. The van der Waals surface area contributed by atoms with Crippen LogP contribution in [0.4, 0.5) is 13.2 Å². The summed E-state index contributed by atoms with van der Waals surface area (Å²) in [6, 6.07) is 20.6. The lowest BCUT2D eigenvalue weighted by molar-refractivity contribution is -0.137. The summed E-state index contributed by atoms with van der Waals surface area (Å²) >= 11 is 0. The molecule has 0 bridgehead atoms. The summed E-state index contributed by atoms with van der Waals surface area (Å²) in [6.07, 6.45) is -0.171. The Kier molecular flexibility index (Phi) is 8.42. The van der Waals surface area contributed by atoms with E-state index in [0.717, 1.165) is 73.2 Å². The van der Waals surface area contributed by atoms with E-state index in [2.05, 4.69) is 17.0 Å². The lowest BCUT2D eigenvalue weighted by Gasteiger charge is -2.32. The number of carbonyl (C=O) groups excluding carboxylic acids is 2. The van der Waals surface area contributed by atoms with Crippen molar-refractivity contribution in [2.24, 2.45) is 5.92 Å². The van der Waals surface area contributed by atoms with E-state index in [1.165, 1.54) is 16.7 Å². The molecule has 0 atom stereocenters. The number of amides is 1. The topological polar surface area (TPSA) is 64.4 Å². The fourth-order valence-corrected chi connectivity index (χ4v) is 6.69. The van der Waals surface area contributed by atoms with Crippen LogP contribution in [0.25, 0.3) is 5.57 Å². The number of alkyl halides is 3. The minimum atomic E-state index is -4.34. The van der Waals surface area contributed by atoms with Crippen LogP contribution in [0.15, 0.2) is 72.3 Å². The Labute approximate surface area is 255 Å². The first-order valence-electron chi connectivity index (χ1n) is 15.2. The molecule has 6 rings (SSSR count). The van der Waals surface area contributed by atoms with Crippen LogP contribution in [0.5, 0.6) is 0 Å². The van der Waals surface area contributed by atoms with E-state index in [1.807, 2.05) is 29.2 Å². The van der Waals surface area contributed by atoms with Crippen molar-refractivity contribution in [3.63, 3.8) is 0 Å². The van der Waals surface area contributed by atoms with E-state index in [0.29, 0.717) is 38.0 Å². The highest BCUT2D eigenvalue weighted by Gasteiger charge is 2.31. The fourth-order valence-electron chi connectivity index (χ4n) is 6.69. The number of nitriles is 1. The van der Waals surface area contributed by atoms with Crippen molar-refractivity contribution in [2.75, 3.05) is 26.2 Å². The van der Waals surface area contributed by atoms with Crippen LogP contribution < -0.4 is 0 Å². The third-order valence-electron chi connectivity index (χ3n) is 9.27. The van der Waals surface area contributed by atoms with Crippen molar-refractivity contribution in [3.8, 4) is 6.07 Å². The molecular formula is C36H34F3N3O2. The molecule has 0 saturated carbocycles. The van der Waals surface area contributed by atoms with Gasteiger partial charge in [-0.3, -0.25) is 14.5 Å². The Morgan fingerprint density at radius 2 is 1.61 bits per heavy atom. The standard InChI is InChI=1S/C36H34F3N3O2/c37-36(38,39)31-9-5-27(6-10-31)22-41-14-13-29-19-28-7-8-30(20-32(28)33(29)23-41)34(43)17-25-11-15-42(16-12-25)35(44)18-24-1-3-26(21-40)4-2-24/h1-10,20,25H,11-19,22-23H2. The molecule has 8 heteroatoms. The van der Waals surface area contributed by atoms with Gasteiger partial charge in [0, 0.05) is 44.7 Å². The average Bonchev–Trinajstić information content (AvgIpc) is 3.39. The lowest BCUT2D eigenvalue weighted by atomic mass is 9.88. The van der Waals surface area contributed by atoms with Crippen LogP contribution in [0.3, 0.4) is 0 Å². The van der Waals surface area contributed by atoms with Gasteiger partial charge in [0.1, 0.15) is 0 Å². The second-order valence-electron chi connectivity index (χ2n) is 12.2. The van der Waals surface area contributed by atoms with E-state index in [4.69, 9.17) is 5.26 Å². The zero-order valence-electron chi connectivity index (χ0n) is 24.5. The summed E-state index contributed by atoms with van der Waals surface area (Å²) in [6.45, 7) is 3.44. The molecule has 1 fully saturated rings. The predicted octanol–water partition coefficient (Wildman–Crippen LogP) is 6.85. The molecule has 44 heavy (non-hydrogen) atoms. The van der Waals surface area contributed by atoms with Gasteiger partial charge in [0.25, 0.3) is 0 Å². The van der Waals surface area contributed by atoms with E-state index in [9.17, 15) is 22.8 Å². The molecule has 0 spiro atoms. The fraction of sp³-hybridized carbons (Fsp3) is 0.361. The molecule has 5 nitrogen and oxygen atoms in total. The van der Waals surface area contributed by atoms with Crippen LogP contribution >= 0.6 is 0 Å². The largest absolute Gasteiger partial charge is 0.416 e. The Bertz CT molecular complexity index is 1630. The number of piperidine rings is 1. The summed E-state index contributed by atoms with van der Waals surface area (Å²) in [5.41, 5.74) is 7.41. The van der Waals surface area contributed by atoms with E-state index in [1.54, 1.807) is 24.3 Å². The van der Waals surface area contributed by atoms with Gasteiger partial charge in [0.05, 0.1) is 23.6 Å². The normalized spacial score (nSPS) is 17.3. The molecule has 1 saturated heterocycles. The molecular weight excluding hydrogens is 563 g/mol. The first-order valence-corrected chi connectivity index (χ1v) is 15.2. The predicted molar refractivity (Wildman–Crippen MR) is 162 cm³/mol. The lowest BCUT2D eigenvalue weighted by Crippen LogP contribution is -2.39. The van der Waals surface area contributed by atoms with Crippen LogP contribution in [-0.4, -0.2) is 47.7 Å². The molecule has 226 valence electrons. The molecule has 1 amide bonds. The monoisotopic (exact) mass is 597 g/mol. The quantitative estimate of drug-likeness (QED) is 0.280. The summed E-state index contributed by atoms with van der Waals surface area (Å²) in [5, 5.41) is 8.96. The SMILES string of the molecule is N#Cc1ccc(CC(=O)N2CCC(CC(=O)c3ccc4c(c3)C3=C(CCN(Cc5ccc(C(F)(F)F)cc5)C3)C4)CC2)cc1. The number of hydrogen-bond donors (Lipinski definition) is 0. The second kappa shape index (κ2) is 12.4. The van der Waals surface area contributed by atoms with Gasteiger partial charge in [0.2, 0.25) is 5.91 Å². The number of carbonyl (C=O) groups is 2. The molecule has 1 aliphatic carbocycles. The number of nitrogens with zero attached hydrogens (tertiary/aromatic N) is 3. The second-order valence-corrected chi connectivity index (χ2v) is 12.2. The van der Waals surface area contributed by atoms with E-state index < -0.39 is 11.7 Å². The number of likely N-dealkylation sites (tertiary alicyclic amines) is 1. The maximum absolute atomic E-state index is 13.4. The number of fused-ring (bicyclic) bond motifs is 2. The highest BCUT2D eigenvalue weighted by atomic mass is 19.4. The van der Waals surface area contributed by atoms with Crippen molar-refractivity contribution >= 4 is 17.3 Å². The molecule has 0 N–H and O–H groups in total. The summed E-state index contributed by atoms with van der Waals surface area (Å²) in [4.78, 5) is 30.3. The molecule has 0 unspecified atom stereocenters. The van der Waals surface area contributed by atoms with Crippen LogP contribution in [0, 0.1) is 17.2 Å². The summed E-state index contributed by atoms with van der Waals surface area (Å²) in [7, 11) is 0. The van der Waals surface area contributed by atoms with Crippen molar-refractivity contribution in [3.05, 3.63) is 111 Å². The minimum absolute atomic E-state index is 0.0713. The third-order valence-corrected chi connectivity index (χ3v) is 9.27. The van der Waals surface area contributed by atoms with Gasteiger partial charge >= 0.3 is 6.18 Å². The molecule has 3 aromatic carbocycles. The smallest absolute Gasteiger partial charge is 0.342 e. The summed E-state index contributed by atoms with van der Waals surface area (Å²) < 4.78 is 38.9. The average molecular weight is 598 g/mol. The molecule has 2 aliphatic heterocycles. The van der Waals surface area contributed by atoms with Gasteiger partial charge in [-0.05, 0) is 89.8 Å². The maximum atomic E-state index is 13.4. The highest BCUT2D eigenvalue weighted by molar-refractivity contribution is 5.97. The number of Topliss-reactive ketones (excluding diaryl/α,β-unsaturated/α-hetero) is 1. The Morgan fingerprint density at radius 1 is 0.909 bits per heavy atom. The van der Waals surface area contributed by atoms with Crippen molar-refractivity contribution in [1.82, 2.24) is 9.80 Å². The maximum Gasteiger partial charge on any atom is 0.416 e. The number of hydrogen-bond acceptors (Lipinski definition) is 4. The first kappa shape index (κ1) is 29.8. The summed E-state index contributed by atoms with van der Waals surface area (Å²) in [5.74, 6) is 0.432. The van der Waals surface area contributed by atoms with Gasteiger partial charge in [-0.1, -0.05) is 42.0 Å². The van der Waals surface area contributed by atoms with E-state index >= 15 is 0 Å². The number of halogens is 3. The number of benzene rings is 3.